The van der Waals surface area contributed by atoms with Gasteiger partial charge in [0, 0.05) is 27.6 Å². The molecule has 262 valence electrons. The summed E-state index contributed by atoms with van der Waals surface area (Å²) >= 11 is 0. The van der Waals surface area contributed by atoms with Crippen LogP contribution in [0.4, 0.5) is 0 Å². The van der Waals surface area contributed by atoms with E-state index in [-0.39, 0.29) is 0 Å². The quantitative estimate of drug-likeness (QED) is 0.154. The smallest absolute Gasteiger partial charge is 0.160 e. The summed E-state index contributed by atoms with van der Waals surface area (Å²) in [6.45, 7) is 0. The summed E-state index contributed by atoms with van der Waals surface area (Å²) in [5.41, 5.74) is 14.9. The van der Waals surface area contributed by atoms with Crippen molar-refractivity contribution in [2.75, 3.05) is 0 Å². The van der Waals surface area contributed by atoms with Crippen molar-refractivity contribution in [2.24, 2.45) is 0 Å². The summed E-state index contributed by atoms with van der Waals surface area (Å²) in [4.78, 5) is 15.4. The van der Waals surface area contributed by atoms with Crippen LogP contribution in [0, 0.1) is 0 Å². The zero-order chi connectivity index (χ0) is 37.3. The summed E-state index contributed by atoms with van der Waals surface area (Å²) < 4.78 is 0. The minimum Gasteiger partial charge on any atom is -0.248 e. The van der Waals surface area contributed by atoms with Crippen molar-refractivity contribution in [3.63, 3.8) is 0 Å². The van der Waals surface area contributed by atoms with Gasteiger partial charge >= 0.3 is 0 Å². The molecule has 0 saturated carbocycles. The van der Waals surface area contributed by atoms with Crippen LogP contribution in [0.5, 0.6) is 0 Å². The molecule has 0 fully saturated rings. The molecule has 0 amide bonds. The molecule has 3 nitrogen and oxygen atoms in total. The van der Waals surface area contributed by atoms with Crippen LogP contribution in [-0.2, 0) is 0 Å². The van der Waals surface area contributed by atoms with Gasteiger partial charge in [-0.2, -0.15) is 0 Å². The highest BCUT2D eigenvalue weighted by Crippen LogP contribution is 2.37. The van der Waals surface area contributed by atoms with Crippen LogP contribution in [0.1, 0.15) is 0 Å². The number of aromatic nitrogens is 3. The minimum atomic E-state index is 0.694. The number of benzene rings is 8. The third-order valence-corrected chi connectivity index (χ3v) is 10.5. The fourth-order valence-corrected chi connectivity index (χ4v) is 7.59. The monoisotopic (exact) mass is 713 g/mol. The lowest BCUT2D eigenvalue weighted by Gasteiger charge is -2.13. The number of pyridine rings is 1. The van der Waals surface area contributed by atoms with Crippen LogP contribution >= 0.6 is 0 Å². The third kappa shape index (κ3) is 6.42. The minimum absolute atomic E-state index is 0.694. The van der Waals surface area contributed by atoms with Crippen molar-refractivity contribution in [2.45, 2.75) is 0 Å². The van der Waals surface area contributed by atoms with Gasteiger partial charge in [-0.3, -0.25) is 0 Å². The second-order valence-electron chi connectivity index (χ2n) is 14.0. The van der Waals surface area contributed by atoms with E-state index in [1.54, 1.807) is 0 Å². The van der Waals surface area contributed by atoms with E-state index in [0.29, 0.717) is 5.82 Å². The van der Waals surface area contributed by atoms with Gasteiger partial charge in [-0.25, -0.2) is 15.0 Å². The molecule has 10 aromatic rings. The largest absolute Gasteiger partial charge is 0.248 e. The molecule has 0 atom stereocenters. The van der Waals surface area contributed by atoms with Crippen LogP contribution in [0.2, 0.25) is 0 Å². The van der Waals surface area contributed by atoms with Crippen LogP contribution in [0.25, 0.3) is 100 Å². The van der Waals surface area contributed by atoms with E-state index in [2.05, 4.69) is 188 Å². The molecule has 56 heavy (non-hydrogen) atoms. The van der Waals surface area contributed by atoms with E-state index < -0.39 is 0 Å². The number of hydrogen-bond acceptors (Lipinski definition) is 3. The van der Waals surface area contributed by atoms with E-state index in [4.69, 9.17) is 15.0 Å². The molecule has 2 heterocycles. The van der Waals surface area contributed by atoms with Gasteiger partial charge in [-0.05, 0) is 62.4 Å². The second-order valence-corrected chi connectivity index (χ2v) is 14.0. The summed E-state index contributed by atoms with van der Waals surface area (Å²) in [7, 11) is 0. The molecule has 0 radical (unpaired) electrons. The predicted molar refractivity (Wildman–Crippen MR) is 233 cm³/mol. The number of hydrogen-bond donors (Lipinski definition) is 0. The molecule has 10 rings (SSSR count). The highest BCUT2D eigenvalue weighted by Gasteiger charge is 2.14. The first kappa shape index (κ1) is 33.1. The molecule has 0 spiro atoms. The van der Waals surface area contributed by atoms with Gasteiger partial charge in [-0.15, -0.1) is 0 Å². The van der Waals surface area contributed by atoms with Crippen LogP contribution < -0.4 is 0 Å². The van der Waals surface area contributed by atoms with Crippen LogP contribution in [0.3, 0.4) is 0 Å². The molecule has 0 unspecified atom stereocenters. The standard InChI is InChI=1S/C53H35N3/c1-4-12-36(13-5-1)37-20-28-44(29-21-37)51-35-50(42-17-8-3-9-18-42)55-53(56-51)45-30-24-39(25-31-45)38-22-26-43(27-23-38)49-34-47(40-14-6-2-7-15-40)52-46-19-11-10-16-41(46)32-33-48(52)54-49/h1-35H. The van der Waals surface area contributed by atoms with E-state index in [1.807, 2.05) is 24.3 Å². The SMILES string of the molecule is c1ccc(-c2ccc(-c3cc(-c4ccccc4)nc(-c4ccc(-c5ccc(-c6cc(-c7ccccc7)c7c(ccc8ccccc87)n6)cc5)cc4)n3)cc2)cc1. The first-order valence-electron chi connectivity index (χ1n) is 18.9. The molecule has 2 aromatic heterocycles. The number of fused-ring (bicyclic) bond motifs is 3. The zero-order valence-corrected chi connectivity index (χ0v) is 30.5. The van der Waals surface area contributed by atoms with Crippen molar-refractivity contribution in [1.29, 1.82) is 0 Å². The molecule has 0 aliphatic heterocycles. The maximum Gasteiger partial charge on any atom is 0.160 e. The van der Waals surface area contributed by atoms with Crippen LogP contribution in [0.15, 0.2) is 212 Å². The maximum absolute atomic E-state index is 5.19. The predicted octanol–water partition coefficient (Wildman–Crippen LogP) is 13.8. The summed E-state index contributed by atoms with van der Waals surface area (Å²) in [5.74, 6) is 0.694. The normalized spacial score (nSPS) is 11.2. The molecule has 0 N–H and O–H groups in total. The van der Waals surface area contributed by atoms with Gasteiger partial charge in [0.05, 0.1) is 22.6 Å². The van der Waals surface area contributed by atoms with Crippen molar-refractivity contribution in [1.82, 2.24) is 15.0 Å². The zero-order valence-electron chi connectivity index (χ0n) is 30.5. The Morgan fingerprint density at radius 2 is 0.679 bits per heavy atom. The lowest BCUT2D eigenvalue weighted by molar-refractivity contribution is 1.18. The molecule has 0 bridgehead atoms. The fraction of sp³-hybridized carbons (Fsp3) is 0. The molecule has 3 heteroatoms. The van der Waals surface area contributed by atoms with Crippen molar-refractivity contribution in [3.05, 3.63) is 212 Å². The fourth-order valence-electron chi connectivity index (χ4n) is 7.59. The topological polar surface area (TPSA) is 38.7 Å². The summed E-state index contributed by atoms with van der Waals surface area (Å²) in [6.07, 6.45) is 0. The Kier molecular flexibility index (Phi) is 8.51. The summed E-state index contributed by atoms with van der Waals surface area (Å²) in [6, 6.07) is 74.5. The molecule has 0 saturated heterocycles. The van der Waals surface area contributed by atoms with Gasteiger partial charge in [0.1, 0.15) is 0 Å². The van der Waals surface area contributed by atoms with E-state index in [9.17, 15) is 0 Å². The number of rotatable bonds is 7. The Hall–Kier alpha value is -7.49. The van der Waals surface area contributed by atoms with E-state index in [1.165, 1.54) is 38.4 Å². The Morgan fingerprint density at radius 1 is 0.268 bits per heavy atom. The van der Waals surface area contributed by atoms with E-state index >= 15 is 0 Å². The lowest BCUT2D eigenvalue weighted by Crippen LogP contribution is -1.96. The molecule has 8 aromatic carbocycles. The molecular formula is C53H35N3. The van der Waals surface area contributed by atoms with Crippen molar-refractivity contribution in [3.8, 4) is 78.5 Å². The Morgan fingerprint density at radius 3 is 1.25 bits per heavy atom. The van der Waals surface area contributed by atoms with Gasteiger partial charge in [0.2, 0.25) is 0 Å². The average molecular weight is 714 g/mol. The Balaban J connectivity index is 0.974. The Labute approximate surface area is 326 Å². The third-order valence-electron chi connectivity index (χ3n) is 10.5. The van der Waals surface area contributed by atoms with Gasteiger partial charge in [0.25, 0.3) is 0 Å². The van der Waals surface area contributed by atoms with Crippen molar-refractivity contribution >= 4 is 21.7 Å². The highest BCUT2D eigenvalue weighted by atomic mass is 14.9. The first-order valence-corrected chi connectivity index (χ1v) is 18.9. The summed E-state index contributed by atoms with van der Waals surface area (Å²) in [5, 5.41) is 3.61. The maximum atomic E-state index is 5.19. The average Bonchev–Trinajstić information content (AvgIpc) is 3.29. The second kappa shape index (κ2) is 14.4. The Bertz CT molecular complexity index is 2960. The molecule has 0 aliphatic rings. The number of nitrogens with zero attached hydrogens (tertiary/aromatic N) is 3. The molecular weight excluding hydrogens is 679 g/mol. The first-order chi connectivity index (χ1) is 27.7. The highest BCUT2D eigenvalue weighted by molar-refractivity contribution is 6.13. The van der Waals surface area contributed by atoms with Gasteiger partial charge in [0.15, 0.2) is 5.82 Å². The van der Waals surface area contributed by atoms with E-state index in [0.717, 1.165) is 56.0 Å². The van der Waals surface area contributed by atoms with Gasteiger partial charge in [-0.1, -0.05) is 194 Å². The van der Waals surface area contributed by atoms with Gasteiger partial charge < -0.3 is 0 Å². The lowest BCUT2D eigenvalue weighted by atomic mass is 9.94. The molecule has 0 aliphatic carbocycles. The van der Waals surface area contributed by atoms with Crippen LogP contribution in [-0.4, -0.2) is 15.0 Å². The van der Waals surface area contributed by atoms with Crippen molar-refractivity contribution < 1.29 is 0 Å².